The second-order valence-corrected chi connectivity index (χ2v) is 12.7. The summed E-state index contributed by atoms with van der Waals surface area (Å²) in [6.45, 7) is 4.59. The van der Waals surface area contributed by atoms with Gasteiger partial charge >= 0.3 is 0 Å². The number of hydrogen-bond acceptors (Lipinski definition) is 12. The van der Waals surface area contributed by atoms with Crippen molar-refractivity contribution in [2.45, 2.75) is 50.8 Å². The number of nitrogens with one attached hydrogen (secondary N) is 2. The number of amides is 4. The number of benzene rings is 2. The lowest BCUT2D eigenvalue weighted by Gasteiger charge is -2.36. The minimum Gasteiger partial charge on any atom is -0.507 e. The van der Waals surface area contributed by atoms with E-state index in [0.29, 0.717) is 23.6 Å². The van der Waals surface area contributed by atoms with E-state index < -0.39 is 30.0 Å². The quantitative estimate of drug-likeness (QED) is 0.128. The van der Waals surface area contributed by atoms with Crippen molar-refractivity contribution in [3.63, 3.8) is 0 Å². The van der Waals surface area contributed by atoms with Gasteiger partial charge in [0.05, 0.1) is 16.9 Å². The summed E-state index contributed by atoms with van der Waals surface area (Å²) in [5.41, 5.74) is 8.58. The van der Waals surface area contributed by atoms with Gasteiger partial charge in [-0.05, 0) is 50.1 Å². The molecule has 264 valence electrons. The molecule has 50 heavy (non-hydrogen) atoms. The molecule has 0 saturated carbocycles. The number of carbonyl (C=O) groups is 4. The molecule has 0 radical (unpaired) electrons. The number of piperidine rings is 1. The van der Waals surface area contributed by atoms with Crippen LogP contribution in [0, 0.1) is 0 Å². The Morgan fingerprint density at radius 1 is 1.00 bits per heavy atom. The number of phenolic OH excluding ortho intramolecular Hbond substituents is 1. The second kappa shape index (κ2) is 15.5. The first kappa shape index (κ1) is 34.6. The van der Waals surface area contributed by atoms with E-state index in [1.807, 2.05) is 12.1 Å². The Balaban J connectivity index is 0.871. The topological polar surface area (TPSA) is 204 Å². The number of unbranched alkanes of at least 4 members (excludes halogenated alkanes) is 3. The number of piperazine rings is 1. The summed E-state index contributed by atoms with van der Waals surface area (Å²) in [4.78, 5) is 55.4. The van der Waals surface area contributed by atoms with Gasteiger partial charge in [-0.2, -0.15) is 0 Å². The maximum Gasteiger partial charge on any atom is 0.261 e. The van der Waals surface area contributed by atoms with Crippen LogP contribution in [-0.4, -0.2) is 106 Å². The predicted molar refractivity (Wildman–Crippen MR) is 183 cm³/mol. The van der Waals surface area contributed by atoms with Crippen LogP contribution >= 0.6 is 0 Å². The van der Waals surface area contributed by atoms with E-state index in [4.69, 9.17) is 10.5 Å². The van der Waals surface area contributed by atoms with E-state index in [2.05, 4.69) is 30.6 Å². The lowest BCUT2D eigenvalue weighted by Crippen LogP contribution is -2.53. The highest BCUT2D eigenvalue weighted by Crippen LogP contribution is 2.39. The Kier molecular flexibility index (Phi) is 10.7. The number of aliphatic hydroxyl groups excluding tert-OH is 1. The van der Waals surface area contributed by atoms with Crippen LogP contribution in [0.1, 0.15) is 60.7 Å². The summed E-state index contributed by atoms with van der Waals surface area (Å²) in [6.07, 6.45) is 2.67. The Hall–Kier alpha value is -5.28. The molecule has 0 spiro atoms. The average molecular weight is 687 g/mol. The van der Waals surface area contributed by atoms with Crippen molar-refractivity contribution in [3.8, 4) is 22.8 Å². The molecular formula is C35H42N8O7. The van der Waals surface area contributed by atoms with E-state index in [-0.39, 0.29) is 48.0 Å². The number of rotatable bonds is 13. The minimum atomic E-state index is -1.36. The number of aliphatic hydroxyl groups is 1. The third-order valence-electron chi connectivity index (χ3n) is 9.37. The summed E-state index contributed by atoms with van der Waals surface area (Å²) in [5, 5.41) is 34.4. The Morgan fingerprint density at radius 3 is 2.56 bits per heavy atom. The zero-order valence-corrected chi connectivity index (χ0v) is 27.7. The predicted octanol–water partition coefficient (Wildman–Crippen LogP) is 1.56. The number of para-hydroxylation sites is 1. The molecule has 2 unspecified atom stereocenters. The van der Waals surface area contributed by atoms with Crippen LogP contribution in [0.5, 0.6) is 11.5 Å². The normalized spacial score (nSPS) is 19.3. The van der Waals surface area contributed by atoms with E-state index in [0.717, 1.165) is 69.0 Å². The standard InChI is InChI=1S/C35H42N8O7/c36-32-26(20-24(39-40-32)22-8-3-4-10-27(22)44)42-18-16-41(17-19-42)15-6-2-1-5-14-37-30(46)21-50-28-11-7-9-23-31(28)35(49)43(34(23)48)25-12-13-29(45)38-33(25)47/h3-4,7-11,20,25,34,44,48H,1-2,5-6,12-19,21H2,(H2,36,40)(H,37,46)(H,38,45,47). The SMILES string of the molecule is Nc1nnc(-c2ccccc2O)cc1N1CCN(CCCCCCNC(=O)COc2cccc3c2C(=O)N(C2CCC(=O)NC2=O)C3O)CC1. The number of carbonyl (C=O) groups excluding carboxylic acids is 4. The summed E-state index contributed by atoms with van der Waals surface area (Å²) in [6, 6.07) is 12.7. The zero-order chi connectivity index (χ0) is 35.2. The van der Waals surface area contributed by atoms with Crippen LogP contribution < -0.4 is 26.0 Å². The number of anilines is 2. The smallest absolute Gasteiger partial charge is 0.261 e. The highest BCUT2D eigenvalue weighted by atomic mass is 16.5. The summed E-state index contributed by atoms with van der Waals surface area (Å²) < 4.78 is 5.69. The van der Waals surface area contributed by atoms with Gasteiger partial charge in [0.1, 0.15) is 17.5 Å². The fourth-order valence-corrected chi connectivity index (χ4v) is 6.68. The molecule has 15 nitrogen and oxygen atoms in total. The van der Waals surface area contributed by atoms with Crippen LogP contribution in [0.15, 0.2) is 48.5 Å². The second-order valence-electron chi connectivity index (χ2n) is 12.7. The number of aromatic hydroxyl groups is 1. The first-order valence-electron chi connectivity index (χ1n) is 17.0. The van der Waals surface area contributed by atoms with Crippen LogP contribution in [0.25, 0.3) is 11.3 Å². The van der Waals surface area contributed by atoms with E-state index in [1.165, 1.54) is 0 Å². The molecule has 0 aliphatic carbocycles. The molecule has 4 amide bonds. The summed E-state index contributed by atoms with van der Waals surface area (Å²) >= 11 is 0. The maximum absolute atomic E-state index is 13.2. The van der Waals surface area contributed by atoms with E-state index in [1.54, 1.807) is 36.4 Å². The molecule has 2 fully saturated rings. The molecule has 3 aromatic rings. The molecule has 2 saturated heterocycles. The first-order valence-corrected chi connectivity index (χ1v) is 17.0. The highest BCUT2D eigenvalue weighted by molar-refractivity contribution is 6.07. The van der Waals surface area contributed by atoms with Crippen LogP contribution in [-0.2, 0) is 14.4 Å². The van der Waals surface area contributed by atoms with Gasteiger partial charge in [-0.3, -0.25) is 34.3 Å². The van der Waals surface area contributed by atoms with Crippen molar-refractivity contribution in [2.24, 2.45) is 0 Å². The van der Waals surface area contributed by atoms with Gasteiger partial charge in [0.15, 0.2) is 18.7 Å². The first-order chi connectivity index (χ1) is 24.2. The number of nitrogens with zero attached hydrogens (tertiary/aromatic N) is 5. The number of aromatic nitrogens is 2. The van der Waals surface area contributed by atoms with Crippen molar-refractivity contribution < 1.29 is 34.1 Å². The number of fused-ring (bicyclic) bond motifs is 1. The van der Waals surface area contributed by atoms with Gasteiger partial charge in [-0.25, -0.2) is 0 Å². The molecule has 6 N–H and O–H groups in total. The van der Waals surface area contributed by atoms with Gasteiger partial charge in [-0.15, -0.1) is 10.2 Å². The van der Waals surface area contributed by atoms with E-state index >= 15 is 0 Å². The number of nitrogen functional groups attached to an aromatic ring is 1. The van der Waals surface area contributed by atoms with Crippen molar-refractivity contribution in [2.75, 3.05) is 56.5 Å². The van der Waals surface area contributed by atoms with Crippen LogP contribution in [0.3, 0.4) is 0 Å². The van der Waals surface area contributed by atoms with Gasteiger partial charge in [-0.1, -0.05) is 37.1 Å². The molecule has 4 heterocycles. The maximum atomic E-state index is 13.2. The minimum absolute atomic E-state index is 0.0667. The molecule has 2 atom stereocenters. The molecule has 2 aromatic carbocycles. The molecule has 0 bridgehead atoms. The van der Waals surface area contributed by atoms with Crippen molar-refractivity contribution in [1.82, 2.24) is 30.6 Å². The number of ether oxygens (including phenoxy) is 1. The monoisotopic (exact) mass is 686 g/mol. The van der Waals surface area contributed by atoms with Gasteiger partial charge in [0.25, 0.3) is 11.8 Å². The van der Waals surface area contributed by atoms with Gasteiger partial charge in [0.2, 0.25) is 11.8 Å². The zero-order valence-electron chi connectivity index (χ0n) is 27.7. The van der Waals surface area contributed by atoms with Crippen LogP contribution in [0.4, 0.5) is 11.5 Å². The molecular weight excluding hydrogens is 644 g/mol. The average Bonchev–Trinajstić information content (AvgIpc) is 3.37. The van der Waals surface area contributed by atoms with Gasteiger partial charge < -0.3 is 30.9 Å². The molecule has 15 heteroatoms. The fourth-order valence-electron chi connectivity index (χ4n) is 6.68. The Labute approximate surface area is 289 Å². The van der Waals surface area contributed by atoms with Gasteiger partial charge in [0, 0.05) is 50.3 Å². The number of hydrogen-bond donors (Lipinski definition) is 5. The lowest BCUT2D eigenvalue weighted by molar-refractivity contribution is -0.139. The van der Waals surface area contributed by atoms with Crippen LogP contribution in [0.2, 0.25) is 0 Å². The largest absolute Gasteiger partial charge is 0.507 e. The molecule has 3 aliphatic rings. The Morgan fingerprint density at radius 2 is 1.78 bits per heavy atom. The fraction of sp³-hybridized carbons (Fsp3) is 0.429. The molecule has 6 rings (SSSR count). The lowest BCUT2D eigenvalue weighted by atomic mass is 10.0. The summed E-state index contributed by atoms with van der Waals surface area (Å²) in [5.74, 6) is -1.30. The number of phenols is 1. The van der Waals surface area contributed by atoms with Crippen molar-refractivity contribution >= 4 is 35.1 Å². The number of imide groups is 1. The van der Waals surface area contributed by atoms with Crippen molar-refractivity contribution in [3.05, 3.63) is 59.7 Å². The molecule has 1 aromatic heterocycles. The van der Waals surface area contributed by atoms with E-state index in [9.17, 15) is 29.4 Å². The van der Waals surface area contributed by atoms with Crippen molar-refractivity contribution in [1.29, 1.82) is 0 Å². The molecule has 3 aliphatic heterocycles. The number of nitrogens with two attached hydrogens (primary N) is 1. The summed E-state index contributed by atoms with van der Waals surface area (Å²) in [7, 11) is 0. The third-order valence-corrected chi connectivity index (χ3v) is 9.37. The highest BCUT2D eigenvalue weighted by Gasteiger charge is 2.45. The third kappa shape index (κ3) is 7.63. The Bertz CT molecular complexity index is 1750.